The summed E-state index contributed by atoms with van der Waals surface area (Å²) in [6.07, 6.45) is 2.43. The van der Waals surface area contributed by atoms with E-state index in [0.717, 1.165) is 35.1 Å². The molecule has 0 radical (unpaired) electrons. The van der Waals surface area contributed by atoms with Gasteiger partial charge >= 0.3 is 0 Å². The maximum absolute atomic E-state index is 11.8. The molecule has 114 valence electrons. The molecule has 5 nitrogen and oxygen atoms in total. The number of carbonyl (C=O) groups excluding carboxylic acids is 1. The van der Waals surface area contributed by atoms with E-state index in [4.69, 9.17) is 11.5 Å². The van der Waals surface area contributed by atoms with Crippen LogP contribution in [0.15, 0.2) is 30.5 Å². The van der Waals surface area contributed by atoms with Gasteiger partial charge in [0.2, 0.25) is 5.91 Å². The van der Waals surface area contributed by atoms with Gasteiger partial charge in [0.15, 0.2) is 0 Å². The number of rotatable bonds is 2. The van der Waals surface area contributed by atoms with Gasteiger partial charge in [-0.15, -0.1) is 24.8 Å². The maximum atomic E-state index is 11.8. The van der Waals surface area contributed by atoms with Crippen LogP contribution in [0.5, 0.6) is 0 Å². The fraction of sp³-hybridized carbons (Fsp3) is 0.286. The first-order chi connectivity index (χ1) is 9.15. The van der Waals surface area contributed by atoms with Crippen LogP contribution in [0.25, 0.3) is 10.9 Å². The quantitative estimate of drug-likeness (QED) is 0.878. The van der Waals surface area contributed by atoms with E-state index in [2.05, 4.69) is 4.98 Å². The van der Waals surface area contributed by atoms with Gasteiger partial charge in [0.05, 0.1) is 11.6 Å². The summed E-state index contributed by atoms with van der Waals surface area (Å²) in [6, 6.07) is 7.35. The number of amides is 1. The lowest BCUT2D eigenvalue weighted by molar-refractivity contribution is -0.129. The van der Waals surface area contributed by atoms with E-state index in [-0.39, 0.29) is 36.8 Å². The molecule has 0 saturated carbocycles. The van der Waals surface area contributed by atoms with Crippen molar-refractivity contribution >= 4 is 47.3 Å². The number of hydrogen-bond acceptors (Lipinski definition) is 4. The predicted molar refractivity (Wildman–Crippen MR) is 88.7 cm³/mol. The molecule has 1 atom stereocenters. The monoisotopic (exact) mass is 328 g/mol. The number of aromatic nitrogens is 1. The van der Waals surface area contributed by atoms with Gasteiger partial charge in [0.25, 0.3) is 0 Å². The Morgan fingerprint density at radius 1 is 1.29 bits per heavy atom. The van der Waals surface area contributed by atoms with Gasteiger partial charge in [-0.25, -0.2) is 0 Å². The number of pyridine rings is 1. The molecule has 1 aliphatic rings. The molecular formula is C14H18Cl2N4O. The topological polar surface area (TPSA) is 85.2 Å². The van der Waals surface area contributed by atoms with Crippen LogP contribution < -0.4 is 11.5 Å². The average Bonchev–Trinajstić information content (AvgIpc) is 2.71. The number of halogens is 2. The molecule has 0 bridgehead atoms. The van der Waals surface area contributed by atoms with Gasteiger partial charge in [-0.05, 0) is 24.1 Å². The Bertz CT molecular complexity index is 650. The molecule has 2 heterocycles. The van der Waals surface area contributed by atoms with Crippen LogP contribution in [0.1, 0.15) is 12.0 Å². The van der Waals surface area contributed by atoms with E-state index in [1.54, 1.807) is 17.2 Å². The highest BCUT2D eigenvalue weighted by atomic mass is 35.5. The number of fused-ring (bicyclic) bond motifs is 1. The molecule has 0 aliphatic carbocycles. The van der Waals surface area contributed by atoms with Crippen molar-refractivity contribution in [3.8, 4) is 0 Å². The summed E-state index contributed by atoms with van der Waals surface area (Å²) in [5.41, 5.74) is 14.2. The smallest absolute Gasteiger partial charge is 0.239 e. The molecule has 1 aromatic carbocycles. The molecule has 0 spiro atoms. The van der Waals surface area contributed by atoms with E-state index < -0.39 is 0 Å². The molecule has 3 rings (SSSR count). The SMILES string of the molecule is Cl.Cl.Nc1ccnc2cc(CN3CCC(N)C3=O)ccc12. The number of nitrogens with zero attached hydrogens (tertiary/aromatic N) is 2. The second kappa shape index (κ2) is 6.93. The first-order valence-electron chi connectivity index (χ1n) is 6.32. The van der Waals surface area contributed by atoms with Gasteiger partial charge < -0.3 is 16.4 Å². The fourth-order valence-electron chi connectivity index (χ4n) is 2.45. The Morgan fingerprint density at radius 3 is 2.71 bits per heavy atom. The number of nitrogen functional groups attached to an aromatic ring is 1. The average molecular weight is 329 g/mol. The number of benzene rings is 1. The van der Waals surface area contributed by atoms with Crippen molar-refractivity contribution in [3.05, 3.63) is 36.0 Å². The van der Waals surface area contributed by atoms with Crippen molar-refractivity contribution in [3.63, 3.8) is 0 Å². The highest BCUT2D eigenvalue weighted by Crippen LogP contribution is 2.21. The second-order valence-electron chi connectivity index (χ2n) is 4.91. The molecule has 1 fully saturated rings. The van der Waals surface area contributed by atoms with Gasteiger partial charge in [-0.2, -0.15) is 0 Å². The van der Waals surface area contributed by atoms with Crippen molar-refractivity contribution < 1.29 is 4.79 Å². The molecular weight excluding hydrogens is 311 g/mol. The normalized spacial score (nSPS) is 17.5. The van der Waals surface area contributed by atoms with Crippen LogP contribution in [-0.4, -0.2) is 28.4 Å². The summed E-state index contributed by atoms with van der Waals surface area (Å²) in [6.45, 7) is 1.31. The fourth-order valence-corrected chi connectivity index (χ4v) is 2.45. The molecule has 1 saturated heterocycles. The third-order valence-corrected chi connectivity index (χ3v) is 3.55. The zero-order valence-corrected chi connectivity index (χ0v) is 13.0. The third-order valence-electron chi connectivity index (χ3n) is 3.55. The summed E-state index contributed by atoms with van der Waals surface area (Å²) in [7, 11) is 0. The van der Waals surface area contributed by atoms with Crippen LogP contribution in [0.2, 0.25) is 0 Å². The summed E-state index contributed by atoms with van der Waals surface area (Å²) in [5, 5.41) is 0.940. The molecule has 4 N–H and O–H groups in total. The van der Waals surface area contributed by atoms with Gasteiger partial charge in [0, 0.05) is 30.4 Å². The molecule has 21 heavy (non-hydrogen) atoms. The highest BCUT2D eigenvalue weighted by molar-refractivity contribution is 5.90. The predicted octanol–water partition coefficient (Wildman–Crippen LogP) is 1.72. The zero-order chi connectivity index (χ0) is 13.4. The Labute approximate surface area is 135 Å². The lowest BCUT2D eigenvalue weighted by atomic mass is 10.1. The third kappa shape index (κ3) is 3.37. The first-order valence-corrected chi connectivity index (χ1v) is 6.32. The van der Waals surface area contributed by atoms with Crippen LogP contribution in [0, 0.1) is 0 Å². The summed E-state index contributed by atoms with van der Waals surface area (Å²) >= 11 is 0. The summed E-state index contributed by atoms with van der Waals surface area (Å²) in [5.74, 6) is 0.0284. The van der Waals surface area contributed by atoms with E-state index in [0.29, 0.717) is 6.54 Å². The molecule has 1 aliphatic heterocycles. The number of likely N-dealkylation sites (tertiary alicyclic amines) is 1. The number of nitrogens with two attached hydrogens (primary N) is 2. The molecule has 1 aromatic heterocycles. The number of carbonyl (C=O) groups is 1. The lowest BCUT2D eigenvalue weighted by Crippen LogP contribution is -2.33. The molecule has 1 unspecified atom stereocenters. The van der Waals surface area contributed by atoms with Crippen molar-refractivity contribution in [2.45, 2.75) is 19.0 Å². The molecule has 7 heteroatoms. The lowest BCUT2D eigenvalue weighted by Gasteiger charge is -2.16. The van der Waals surface area contributed by atoms with Crippen LogP contribution in [-0.2, 0) is 11.3 Å². The summed E-state index contributed by atoms with van der Waals surface area (Å²) < 4.78 is 0. The van der Waals surface area contributed by atoms with Crippen molar-refractivity contribution in [1.29, 1.82) is 0 Å². The number of hydrogen-bond donors (Lipinski definition) is 2. The van der Waals surface area contributed by atoms with Gasteiger partial charge in [-0.1, -0.05) is 12.1 Å². The Hall–Kier alpha value is -1.56. The van der Waals surface area contributed by atoms with E-state index in [1.165, 1.54) is 0 Å². The standard InChI is InChI=1S/C14H16N4O.2ClH/c15-11-3-5-17-13-7-9(1-2-10(11)13)8-18-6-4-12(16)14(18)19;;/h1-3,5,7,12H,4,6,8,16H2,(H2,15,17);2*1H. The Kier molecular flexibility index (Phi) is 5.78. The van der Waals surface area contributed by atoms with Gasteiger partial charge in [-0.3, -0.25) is 9.78 Å². The molecule has 1 amide bonds. The molecule has 2 aromatic rings. The van der Waals surface area contributed by atoms with Gasteiger partial charge in [0.1, 0.15) is 0 Å². The minimum absolute atomic E-state index is 0. The minimum Gasteiger partial charge on any atom is -0.398 e. The second-order valence-corrected chi connectivity index (χ2v) is 4.91. The van der Waals surface area contributed by atoms with Crippen LogP contribution in [0.3, 0.4) is 0 Å². The highest BCUT2D eigenvalue weighted by Gasteiger charge is 2.28. The Morgan fingerprint density at radius 2 is 2.05 bits per heavy atom. The van der Waals surface area contributed by atoms with E-state index in [1.807, 2.05) is 18.2 Å². The number of anilines is 1. The zero-order valence-electron chi connectivity index (χ0n) is 11.4. The van der Waals surface area contributed by atoms with Crippen LogP contribution in [0.4, 0.5) is 5.69 Å². The van der Waals surface area contributed by atoms with Crippen molar-refractivity contribution in [2.75, 3.05) is 12.3 Å². The van der Waals surface area contributed by atoms with Crippen LogP contribution >= 0.6 is 24.8 Å². The summed E-state index contributed by atoms with van der Waals surface area (Å²) in [4.78, 5) is 17.9. The largest absolute Gasteiger partial charge is 0.398 e. The first kappa shape index (κ1) is 17.5. The van der Waals surface area contributed by atoms with E-state index in [9.17, 15) is 4.79 Å². The minimum atomic E-state index is -0.339. The van der Waals surface area contributed by atoms with E-state index >= 15 is 0 Å². The van der Waals surface area contributed by atoms with Crippen molar-refractivity contribution in [1.82, 2.24) is 9.88 Å². The maximum Gasteiger partial charge on any atom is 0.239 e. The van der Waals surface area contributed by atoms with Crippen molar-refractivity contribution in [2.24, 2.45) is 5.73 Å². The Balaban J connectivity index is 0.00000110.